The van der Waals surface area contributed by atoms with Gasteiger partial charge in [-0.25, -0.2) is 0 Å². The molecule has 0 amide bonds. The Balaban J connectivity index is -0.0000000524. The summed E-state index contributed by atoms with van der Waals surface area (Å²) in [4.78, 5) is 0. The van der Waals surface area contributed by atoms with Crippen molar-refractivity contribution < 1.29 is 57.6 Å². The van der Waals surface area contributed by atoms with E-state index in [1.165, 1.54) is 12.8 Å². The summed E-state index contributed by atoms with van der Waals surface area (Å²) < 4.78 is 23.6. The summed E-state index contributed by atoms with van der Waals surface area (Å²) in [5, 5.41) is 0. The molecule has 1 saturated heterocycles. The molecule has 5 nitrogen and oxygen atoms in total. The Morgan fingerprint density at radius 1 is 0.650 bits per heavy atom. The molecule has 0 aromatic carbocycles. The Morgan fingerprint density at radius 3 is 1.00 bits per heavy atom. The Kier molecular flexibility index (Phi) is 62.7. The molecule has 0 bridgehead atoms. The minimum atomic E-state index is 0. The van der Waals surface area contributed by atoms with Gasteiger partial charge in [0.05, 0.1) is 26.4 Å². The number of hydrogen-bond acceptors (Lipinski definition) is 5. The summed E-state index contributed by atoms with van der Waals surface area (Å²) in [5.74, 6) is 0. The van der Waals surface area contributed by atoms with Crippen LogP contribution in [0.4, 0.5) is 0 Å². The summed E-state index contributed by atoms with van der Waals surface area (Å²) in [6.07, 6.45) is 2.56. The van der Waals surface area contributed by atoms with Crippen LogP contribution in [0.2, 0.25) is 0 Å². The van der Waals surface area contributed by atoms with Crippen LogP contribution in [0, 0.1) is 0 Å². The van der Waals surface area contributed by atoms with E-state index >= 15 is 0 Å². The van der Waals surface area contributed by atoms with Gasteiger partial charge in [-0.3, -0.25) is 0 Å². The van der Waals surface area contributed by atoms with Crippen molar-refractivity contribution in [1.82, 2.24) is 0 Å². The minimum absolute atomic E-state index is 0. The normalized spacial score (nSPS) is 11.4. The van der Waals surface area contributed by atoms with Gasteiger partial charge < -0.3 is 57.6 Å². The molecule has 1 fully saturated rings. The van der Waals surface area contributed by atoms with Gasteiger partial charge in [-0.15, -0.1) is 0 Å². The second kappa shape index (κ2) is 37.3. The van der Waals surface area contributed by atoms with Gasteiger partial charge >= 0.3 is 37.7 Å². The summed E-state index contributed by atoms with van der Waals surface area (Å²) in [6, 6.07) is 0. The largest absolute Gasteiger partial charge is 2.00 e. The van der Waals surface area contributed by atoms with E-state index in [1.807, 2.05) is 0 Å². The van der Waals surface area contributed by atoms with E-state index in [2.05, 4.69) is 18.9 Å². The van der Waals surface area contributed by atoms with Crippen molar-refractivity contribution in [2.24, 2.45) is 0 Å². The van der Waals surface area contributed by atoms with Crippen molar-refractivity contribution in [1.29, 1.82) is 0 Å². The first kappa shape index (κ1) is 33.6. The molecular weight excluding hydrogens is 424 g/mol. The maximum Gasteiger partial charge on any atom is 2.00 e. The zero-order valence-corrected chi connectivity index (χ0v) is 18.5. The molecule has 0 atom stereocenters. The molecule has 0 aromatic rings. The van der Waals surface area contributed by atoms with Crippen molar-refractivity contribution in [3.8, 4) is 0 Å². The average Bonchev–Trinajstić information content (AvgIpc) is 2.93. The van der Waals surface area contributed by atoms with E-state index in [9.17, 15) is 0 Å². The molecule has 0 N–H and O–H groups in total. The molecule has 1 rings (SSSR count). The number of hydrogen-bond donors (Lipinski definition) is 0. The first-order chi connectivity index (χ1) is 8.33. The quantitative estimate of drug-likeness (QED) is 0.299. The third kappa shape index (κ3) is 42.7. The predicted octanol–water partition coefficient (Wildman–Crippen LogP) is -5.02. The topological polar surface area (TPSA) is 46.2 Å². The zero-order valence-electron chi connectivity index (χ0n) is 13.2. The fourth-order valence-electron chi connectivity index (χ4n) is 0.844. The third-order valence-corrected chi connectivity index (χ3v) is 1.81. The fraction of sp³-hybridized carbons (Fsp3) is 1.00. The summed E-state index contributed by atoms with van der Waals surface area (Å²) >= 11 is 0. The Hall–Kier alpha value is 2.02. The van der Waals surface area contributed by atoms with E-state index in [-0.39, 0.29) is 71.7 Å². The van der Waals surface area contributed by atoms with Crippen LogP contribution < -0.4 is 34.0 Å². The number of ether oxygens (including phenoxy) is 5. The predicted molar refractivity (Wildman–Crippen MR) is 73.3 cm³/mol. The molecule has 0 aromatic heterocycles. The van der Waals surface area contributed by atoms with Gasteiger partial charge in [0, 0.05) is 41.7 Å². The molecule has 0 spiro atoms. The van der Waals surface area contributed by atoms with Crippen LogP contribution in [0.15, 0.2) is 0 Å². The molecule has 0 radical (unpaired) electrons. The second-order valence-electron chi connectivity index (χ2n) is 3.29. The van der Waals surface area contributed by atoms with Crippen molar-refractivity contribution in [3.63, 3.8) is 0 Å². The number of methoxy groups -OCH3 is 4. The monoisotopic (exact) mass is 450 g/mol. The van der Waals surface area contributed by atoms with Crippen LogP contribution in [0.25, 0.3) is 0 Å². The SMILES string of the molecule is C1CCOC1.COCCOC.COCCOC.[Br-].[Br-].[Ca+2]. The Labute approximate surface area is 174 Å². The molecule has 1 aliphatic heterocycles. The maximum absolute atomic E-state index is 4.94. The third-order valence-electron chi connectivity index (χ3n) is 1.81. The maximum atomic E-state index is 4.94. The Morgan fingerprint density at radius 2 is 0.900 bits per heavy atom. The van der Waals surface area contributed by atoms with Gasteiger partial charge in [-0.2, -0.15) is 0 Å². The fourth-order valence-corrected chi connectivity index (χ4v) is 0.844. The molecule has 0 saturated carbocycles. The summed E-state index contributed by atoms with van der Waals surface area (Å²) in [7, 11) is 6.61. The van der Waals surface area contributed by atoms with E-state index < -0.39 is 0 Å². The molecule has 122 valence electrons. The summed E-state index contributed by atoms with van der Waals surface area (Å²) in [6.45, 7) is 4.76. The van der Waals surface area contributed by atoms with Crippen molar-refractivity contribution in [3.05, 3.63) is 0 Å². The molecule has 0 unspecified atom stereocenters. The number of halogens is 2. The van der Waals surface area contributed by atoms with Crippen LogP contribution in [-0.4, -0.2) is 106 Å². The minimum Gasteiger partial charge on any atom is -1.00 e. The van der Waals surface area contributed by atoms with Crippen molar-refractivity contribution in [2.45, 2.75) is 12.8 Å². The van der Waals surface area contributed by atoms with E-state index in [1.54, 1.807) is 28.4 Å². The standard InChI is InChI=1S/2C4H10O2.C4H8O.2BrH.Ca/c2*1-5-3-4-6-2;1-2-4-5-3-1;;;/h2*3-4H2,1-2H3;1-4H2;2*1H;/q;;;;;+2/p-2. The van der Waals surface area contributed by atoms with Crippen LogP contribution in [0.5, 0.6) is 0 Å². The van der Waals surface area contributed by atoms with Crippen molar-refractivity contribution in [2.75, 3.05) is 68.1 Å². The first-order valence-corrected chi connectivity index (χ1v) is 5.87. The summed E-state index contributed by atoms with van der Waals surface area (Å²) in [5.41, 5.74) is 0. The molecule has 8 heteroatoms. The zero-order chi connectivity index (χ0) is 13.2. The van der Waals surface area contributed by atoms with Crippen molar-refractivity contribution >= 4 is 37.7 Å². The van der Waals surface area contributed by atoms with Gasteiger partial charge in [0.1, 0.15) is 0 Å². The van der Waals surface area contributed by atoms with Crippen LogP contribution in [-0.2, 0) is 23.7 Å². The van der Waals surface area contributed by atoms with Crippen LogP contribution >= 0.6 is 0 Å². The van der Waals surface area contributed by atoms with Gasteiger partial charge in [-0.1, -0.05) is 0 Å². The van der Waals surface area contributed by atoms with Crippen LogP contribution in [0.1, 0.15) is 12.8 Å². The van der Waals surface area contributed by atoms with E-state index in [0.29, 0.717) is 26.4 Å². The van der Waals surface area contributed by atoms with E-state index in [0.717, 1.165) is 13.2 Å². The van der Waals surface area contributed by atoms with Gasteiger partial charge in [0.15, 0.2) is 0 Å². The average molecular weight is 452 g/mol. The van der Waals surface area contributed by atoms with Gasteiger partial charge in [0.2, 0.25) is 0 Å². The van der Waals surface area contributed by atoms with E-state index in [4.69, 9.17) is 4.74 Å². The second-order valence-corrected chi connectivity index (χ2v) is 3.29. The Bertz CT molecular complexity index is 98.4. The molecule has 0 aliphatic carbocycles. The molecule has 1 heterocycles. The van der Waals surface area contributed by atoms with Gasteiger partial charge in [0.25, 0.3) is 0 Å². The first-order valence-electron chi connectivity index (χ1n) is 5.87. The smallest absolute Gasteiger partial charge is 1.00 e. The molecule has 1 aliphatic rings. The molecular formula is C12H28Br2CaO5. The van der Waals surface area contributed by atoms with Gasteiger partial charge in [-0.05, 0) is 12.8 Å². The number of rotatable bonds is 6. The van der Waals surface area contributed by atoms with Crippen LogP contribution in [0.3, 0.4) is 0 Å². The molecule has 20 heavy (non-hydrogen) atoms.